The van der Waals surface area contributed by atoms with E-state index in [1.165, 1.54) is 12.0 Å². The van der Waals surface area contributed by atoms with Crippen molar-refractivity contribution in [2.75, 3.05) is 6.54 Å². The second-order valence-electron chi connectivity index (χ2n) is 6.07. The van der Waals surface area contributed by atoms with Gasteiger partial charge in [-0.25, -0.2) is 0 Å². The minimum atomic E-state index is 0.244. The maximum Gasteiger partial charge on any atom is 0.115 e. The number of hydrogen-bond acceptors (Lipinski definition) is 2. The van der Waals surface area contributed by atoms with Gasteiger partial charge in [0.15, 0.2) is 0 Å². The third-order valence-corrected chi connectivity index (χ3v) is 3.19. The summed E-state index contributed by atoms with van der Waals surface area (Å²) in [5.74, 6) is 0.362. The van der Waals surface area contributed by atoms with Crippen LogP contribution in [0.5, 0.6) is 5.75 Å². The summed E-state index contributed by atoms with van der Waals surface area (Å²) >= 11 is 0. The van der Waals surface area contributed by atoms with E-state index in [4.69, 9.17) is 0 Å². The van der Waals surface area contributed by atoms with Gasteiger partial charge in [-0.05, 0) is 55.8 Å². The highest BCUT2D eigenvalue weighted by atomic mass is 16.3. The minimum absolute atomic E-state index is 0.244. The second-order valence-corrected chi connectivity index (χ2v) is 6.07. The van der Waals surface area contributed by atoms with Crippen LogP contribution >= 0.6 is 0 Å². The number of rotatable bonds is 7. The highest BCUT2D eigenvalue weighted by molar-refractivity contribution is 5.27. The maximum absolute atomic E-state index is 9.50. The molecule has 1 rings (SSSR count). The molecule has 18 heavy (non-hydrogen) atoms. The van der Waals surface area contributed by atoms with E-state index in [1.807, 2.05) is 12.1 Å². The molecule has 0 radical (unpaired) electrons. The van der Waals surface area contributed by atoms with E-state index in [2.05, 4.69) is 39.1 Å². The lowest BCUT2D eigenvalue weighted by molar-refractivity contribution is 0.287. The van der Waals surface area contributed by atoms with Crippen molar-refractivity contribution in [1.82, 2.24) is 5.32 Å². The fourth-order valence-corrected chi connectivity index (χ4v) is 2.58. The summed E-state index contributed by atoms with van der Waals surface area (Å²) in [6.45, 7) is 10.1. The second kappa shape index (κ2) is 6.79. The summed E-state index contributed by atoms with van der Waals surface area (Å²) in [7, 11) is 0. The van der Waals surface area contributed by atoms with Crippen LogP contribution in [-0.2, 0) is 6.42 Å². The molecule has 1 unspecified atom stereocenters. The predicted molar refractivity (Wildman–Crippen MR) is 78.0 cm³/mol. The van der Waals surface area contributed by atoms with Crippen LogP contribution in [0.25, 0.3) is 0 Å². The summed E-state index contributed by atoms with van der Waals surface area (Å²) in [4.78, 5) is 0. The molecule has 0 bridgehead atoms. The number of nitrogens with one attached hydrogen (secondary N) is 1. The third-order valence-electron chi connectivity index (χ3n) is 3.19. The molecule has 1 atom stereocenters. The van der Waals surface area contributed by atoms with E-state index in [9.17, 15) is 5.11 Å². The normalized spacial score (nSPS) is 13.6. The standard InChI is InChI=1S/C16H27NO/c1-5-9-17-13(2)11-16(3,4)12-14-7-6-8-15(18)10-14/h6-8,10,13,17-18H,5,9,11-12H2,1-4H3. The molecule has 0 saturated heterocycles. The van der Waals surface area contributed by atoms with Gasteiger partial charge in [0.05, 0.1) is 0 Å². The predicted octanol–water partition coefficient (Wildman–Crippen LogP) is 3.74. The van der Waals surface area contributed by atoms with Crippen LogP contribution in [-0.4, -0.2) is 17.7 Å². The average Bonchev–Trinajstić information content (AvgIpc) is 2.24. The minimum Gasteiger partial charge on any atom is -0.508 e. The maximum atomic E-state index is 9.50. The van der Waals surface area contributed by atoms with Crippen molar-refractivity contribution < 1.29 is 5.11 Å². The zero-order valence-electron chi connectivity index (χ0n) is 12.2. The molecule has 2 N–H and O–H groups in total. The summed E-state index contributed by atoms with van der Waals surface area (Å²) < 4.78 is 0. The van der Waals surface area contributed by atoms with E-state index < -0.39 is 0 Å². The van der Waals surface area contributed by atoms with Crippen molar-refractivity contribution in [3.8, 4) is 5.75 Å². The smallest absolute Gasteiger partial charge is 0.115 e. The van der Waals surface area contributed by atoms with Crippen LogP contribution in [0.4, 0.5) is 0 Å². The number of hydrogen-bond donors (Lipinski definition) is 2. The summed E-state index contributed by atoms with van der Waals surface area (Å²) in [6.07, 6.45) is 3.32. The van der Waals surface area contributed by atoms with Crippen LogP contribution in [0.2, 0.25) is 0 Å². The van der Waals surface area contributed by atoms with Gasteiger partial charge in [0.25, 0.3) is 0 Å². The van der Waals surface area contributed by atoms with Crippen molar-refractivity contribution in [2.24, 2.45) is 5.41 Å². The summed E-state index contributed by atoms with van der Waals surface area (Å²) in [5.41, 5.74) is 1.45. The highest BCUT2D eigenvalue weighted by Crippen LogP contribution is 2.28. The van der Waals surface area contributed by atoms with Gasteiger partial charge in [-0.15, -0.1) is 0 Å². The first-order valence-electron chi connectivity index (χ1n) is 6.94. The molecular formula is C16H27NO. The topological polar surface area (TPSA) is 32.3 Å². The Bertz CT molecular complexity index is 360. The molecule has 0 spiro atoms. The SMILES string of the molecule is CCCNC(C)CC(C)(C)Cc1cccc(O)c1. The number of benzene rings is 1. The fraction of sp³-hybridized carbons (Fsp3) is 0.625. The highest BCUT2D eigenvalue weighted by Gasteiger charge is 2.21. The quantitative estimate of drug-likeness (QED) is 0.771. The van der Waals surface area contributed by atoms with Gasteiger partial charge in [-0.2, -0.15) is 0 Å². The Hall–Kier alpha value is -1.02. The van der Waals surface area contributed by atoms with Gasteiger partial charge in [0.2, 0.25) is 0 Å². The third kappa shape index (κ3) is 5.54. The molecule has 0 aromatic heterocycles. The van der Waals surface area contributed by atoms with Gasteiger partial charge in [0.1, 0.15) is 5.75 Å². The largest absolute Gasteiger partial charge is 0.508 e. The van der Waals surface area contributed by atoms with E-state index in [1.54, 1.807) is 6.07 Å². The zero-order valence-corrected chi connectivity index (χ0v) is 12.2. The monoisotopic (exact) mass is 249 g/mol. The fourth-order valence-electron chi connectivity index (χ4n) is 2.58. The molecule has 2 nitrogen and oxygen atoms in total. The Balaban J connectivity index is 2.53. The first-order chi connectivity index (χ1) is 8.43. The van der Waals surface area contributed by atoms with Crippen LogP contribution < -0.4 is 5.32 Å². The van der Waals surface area contributed by atoms with Gasteiger partial charge in [-0.1, -0.05) is 32.9 Å². The first kappa shape index (κ1) is 15.0. The molecule has 0 saturated carbocycles. The molecular weight excluding hydrogens is 222 g/mol. The van der Waals surface area contributed by atoms with Gasteiger partial charge in [0, 0.05) is 6.04 Å². The summed E-state index contributed by atoms with van der Waals surface area (Å²) in [6, 6.07) is 8.14. The van der Waals surface area contributed by atoms with Gasteiger partial charge in [-0.3, -0.25) is 0 Å². The molecule has 1 aromatic carbocycles. The Kier molecular flexibility index (Phi) is 5.67. The van der Waals surface area contributed by atoms with E-state index in [-0.39, 0.29) is 5.41 Å². The van der Waals surface area contributed by atoms with Crippen molar-refractivity contribution in [3.05, 3.63) is 29.8 Å². The lowest BCUT2D eigenvalue weighted by Crippen LogP contribution is -2.32. The van der Waals surface area contributed by atoms with Crippen LogP contribution in [0.3, 0.4) is 0 Å². The molecule has 0 fully saturated rings. The van der Waals surface area contributed by atoms with Gasteiger partial charge >= 0.3 is 0 Å². The lowest BCUT2D eigenvalue weighted by atomic mass is 9.80. The molecule has 0 heterocycles. The van der Waals surface area contributed by atoms with Crippen molar-refractivity contribution >= 4 is 0 Å². The van der Waals surface area contributed by atoms with Crippen LogP contribution in [0.15, 0.2) is 24.3 Å². The number of phenols is 1. The van der Waals surface area contributed by atoms with Crippen LogP contribution in [0.1, 0.15) is 46.1 Å². The van der Waals surface area contributed by atoms with Crippen molar-refractivity contribution in [1.29, 1.82) is 0 Å². The van der Waals surface area contributed by atoms with E-state index in [0.717, 1.165) is 19.4 Å². The zero-order chi connectivity index (χ0) is 13.6. The molecule has 1 aromatic rings. The average molecular weight is 249 g/mol. The molecule has 0 aliphatic heterocycles. The Labute approximate surface area is 111 Å². The summed E-state index contributed by atoms with van der Waals surface area (Å²) in [5, 5.41) is 13.0. The molecule has 102 valence electrons. The van der Waals surface area contributed by atoms with Crippen LogP contribution in [0, 0.1) is 5.41 Å². The number of aromatic hydroxyl groups is 1. The molecule has 0 amide bonds. The Morgan fingerprint density at radius 3 is 2.67 bits per heavy atom. The Morgan fingerprint density at radius 1 is 1.33 bits per heavy atom. The van der Waals surface area contributed by atoms with E-state index >= 15 is 0 Å². The molecule has 0 aliphatic carbocycles. The lowest BCUT2D eigenvalue weighted by Gasteiger charge is -2.29. The first-order valence-corrected chi connectivity index (χ1v) is 6.94. The number of phenolic OH excluding ortho intramolecular Hbond substituents is 1. The van der Waals surface area contributed by atoms with Crippen molar-refractivity contribution in [3.63, 3.8) is 0 Å². The molecule has 0 aliphatic rings. The van der Waals surface area contributed by atoms with E-state index in [0.29, 0.717) is 11.8 Å². The molecule has 2 heteroatoms. The van der Waals surface area contributed by atoms with Gasteiger partial charge < -0.3 is 10.4 Å². The van der Waals surface area contributed by atoms with Crippen molar-refractivity contribution in [2.45, 2.75) is 53.0 Å². The Morgan fingerprint density at radius 2 is 2.06 bits per heavy atom.